The number of carbonyl (C=O) groups is 1. The van der Waals surface area contributed by atoms with Crippen LogP contribution in [0.3, 0.4) is 0 Å². The quantitative estimate of drug-likeness (QED) is 0.625. The number of benzene rings is 3. The summed E-state index contributed by atoms with van der Waals surface area (Å²) in [5, 5.41) is 0. The van der Waals surface area contributed by atoms with Crippen LogP contribution in [0.4, 0.5) is 5.69 Å². The Bertz CT molecular complexity index is 1220. The van der Waals surface area contributed by atoms with Gasteiger partial charge >= 0.3 is 0 Å². The number of carbonyl (C=O) groups excluding carboxylic acids is 1. The molecule has 0 fully saturated rings. The average molecular weight is 431 g/mol. The minimum atomic E-state index is -4.03. The van der Waals surface area contributed by atoms with Crippen LogP contribution in [0.15, 0.2) is 88.7 Å². The lowest BCUT2D eigenvalue weighted by Crippen LogP contribution is -2.30. The number of para-hydroxylation sites is 1. The van der Waals surface area contributed by atoms with E-state index in [0.29, 0.717) is 5.69 Å². The van der Waals surface area contributed by atoms with Gasteiger partial charge in [0.15, 0.2) is 0 Å². The van der Waals surface area contributed by atoms with Crippen LogP contribution >= 0.6 is 0 Å². The summed E-state index contributed by atoms with van der Waals surface area (Å²) in [6, 6.07) is 19.4. The highest BCUT2D eigenvalue weighted by atomic mass is 32.2. The predicted molar refractivity (Wildman–Crippen MR) is 110 cm³/mol. The second-order valence-electron chi connectivity index (χ2n) is 6.24. The van der Waals surface area contributed by atoms with Gasteiger partial charge in [0, 0.05) is 11.3 Å². The first-order valence-corrected chi connectivity index (χ1v) is 11.5. The van der Waals surface area contributed by atoms with E-state index in [1.54, 1.807) is 42.5 Å². The van der Waals surface area contributed by atoms with E-state index in [4.69, 9.17) is 0 Å². The average Bonchev–Trinajstić information content (AvgIpc) is 2.68. The molecule has 29 heavy (non-hydrogen) atoms. The Morgan fingerprint density at radius 1 is 0.690 bits per heavy atom. The number of sulfonamides is 2. The second kappa shape index (κ2) is 8.06. The normalized spacial score (nSPS) is 11.6. The number of anilines is 1. The van der Waals surface area contributed by atoms with Crippen LogP contribution < -0.4 is 9.44 Å². The zero-order chi connectivity index (χ0) is 21.1. The predicted octanol–water partition coefficient (Wildman–Crippen LogP) is 2.91. The first-order valence-electron chi connectivity index (χ1n) is 8.49. The van der Waals surface area contributed by atoms with Crippen molar-refractivity contribution in [3.63, 3.8) is 0 Å². The van der Waals surface area contributed by atoms with Gasteiger partial charge in [-0.25, -0.2) is 21.6 Å². The van der Waals surface area contributed by atoms with Gasteiger partial charge in [0.1, 0.15) is 0 Å². The van der Waals surface area contributed by atoms with Crippen molar-refractivity contribution in [1.82, 2.24) is 4.72 Å². The van der Waals surface area contributed by atoms with E-state index in [1.165, 1.54) is 36.4 Å². The zero-order valence-corrected chi connectivity index (χ0v) is 17.0. The van der Waals surface area contributed by atoms with E-state index in [1.807, 2.05) is 11.6 Å². The van der Waals surface area contributed by atoms with Gasteiger partial charge in [-0.3, -0.25) is 9.52 Å². The molecule has 150 valence electrons. The van der Waals surface area contributed by atoms with Gasteiger partial charge in [-0.2, -0.15) is 0 Å². The number of amides is 1. The lowest BCUT2D eigenvalue weighted by atomic mass is 10.2. The molecule has 0 saturated carbocycles. The number of hydrogen-bond acceptors (Lipinski definition) is 5. The standard InChI is InChI=1S/C20H18N2O5S2/c1-15-7-11-18(12-8-15)29(26,27)22-20(23)16-9-13-19(14-10-16)28(24,25)21-17-5-3-2-4-6-17/h2-14,21H,1H3,(H,22,23). The Hall–Kier alpha value is -3.17. The highest BCUT2D eigenvalue weighted by molar-refractivity contribution is 7.92. The summed E-state index contributed by atoms with van der Waals surface area (Å²) >= 11 is 0. The van der Waals surface area contributed by atoms with Gasteiger partial charge < -0.3 is 0 Å². The smallest absolute Gasteiger partial charge is 0.264 e. The largest absolute Gasteiger partial charge is 0.280 e. The topological polar surface area (TPSA) is 109 Å². The Kier molecular flexibility index (Phi) is 5.71. The highest BCUT2D eigenvalue weighted by Gasteiger charge is 2.20. The van der Waals surface area contributed by atoms with Crippen LogP contribution in [0.1, 0.15) is 15.9 Å². The minimum Gasteiger partial charge on any atom is -0.280 e. The summed E-state index contributed by atoms with van der Waals surface area (Å²) in [5.41, 5.74) is 1.30. The highest BCUT2D eigenvalue weighted by Crippen LogP contribution is 2.17. The van der Waals surface area contributed by atoms with E-state index >= 15 is 0 Å². The van der Waals surface area contributed by atoms with Gasteiger partial charge in [-0.15, -0.1) is 0 Å². The fourth-order valence-electron chi connectivity index (χ4n) is 2.46. The number of rotatable bonds is 6. The number of hydrogen-bond donors (Lipinski definition) is 2. The third kappa shape index (κ3) is 5.01. The summed E-state index contributed by atoms with van der Waals surface area (Å²) in [5.74, 6) is -0.856. The van der Waals surface area contributed by atoms with Crippen molar-refractivity contribution < 1.29 is 21.6 Å². The molecule has 0 unspecified atom stereocenters. The maximum Gasteiger partial charge on any atom is 0.264 e. The molecule has 0 saturated heterocycles. The molecule has 0 atom stereocenters. The van der Waals surface area contributed by atoms with E-state index in [0.717, 1.165) is 5.56 Å². The fraction of sp³-hybridized carbons (Fsp3) is 0.0500. The van der Waals surface area contributed by atoms with E-state index in [-0.39, 0.29) is 15.4 Å². The maximum atomic E-state index is 12.4. The zero-order valence-electron chi connectivity index (χ0n) is 15.4. The maximum absolute atomic E-state index is 12.4. The van der Waals surface area contributed by atoms with Crippen molar-refractivity contribution in [3.8, 4) is 0 Å². The molecular formula is C20H18N2O5S2. The molecule has 0 spiro atoms. The first-order chi connectivity index (χ1) is 13.7. The Labute approximate surface area is 169 Å². The molecule has 0 radical (unpaired) electrons. The van der Waals surface area contributed by atoms with Gasteiger partial charge in [-0.05, 0) is 55.5 Å². The lowest BCUT2D eigenvalue weighted by molar-refractivity contribution is 0.0981. The summed E-state index contributed by atoms with van der Waals surface area (Å²) in [7, 11) is -7.87. The molecule has 0 heterocycles. The molecule has 0 aliphatic heterocycles. The van der Waals surface area contributed by atoms with Crippen LogP contribution in [0.2, 0.25) is 0 Å². The molecule has 0 aliphatic rings. The van der Waals surface area contributed by atoms with Gasteiger partial charge in [0.2, 0.25) is 0 Å². The Morgan fingerprint density at radius 3 is 1.79 bits per heavy atom. The van der Waals surface area contributed by atoms with Crippen LogP contribution in [0.25, 0.3) is 0 Å². The van der Waals surface area contributed by atoms with E-state index in [2.05, 4.69) is 4.72 Å². The van der Waals surface area contributed by atoms with Crippen molar-refractivity contribution in [2.24, 2.45) is 0 Å². The SMILES string of the molecule is Cc1ccc(S(=O)(=O)NC(=O)c2ccc(S(=O)(=O)Nc3ccccc3)cc2)cc1. The Balaban J connectivity index is 1.75. The van der Waals surface area contributed by atoms with E-state index in [9.17, 15) is 21.6 Å². The first kappa shape index (κ1) is 20.6. The van der Waals surface area contributed by atoms with Crippen LogP contribution in [0.5, 0.6) is 0 Å². The van der Waals surface area contributed by atoms with Crippen LogP contribution in [-0.2, 0) is 20.0 Å². The monoisotopic (exact) mass is 430 g/mol. The third-order valence-electron chi connectivity index (χ3n) is 4.01. The summed E-state index contributed by atoms with van der Waals surface area (Å²) in [6.45, 7) is 1.82. The van der Waals surface area contributed by atoms with Gasteiger partial charge in [0.25, 0.3) is 26.0 Å². The summed E-state index contributed by atoms with van der Waals surface area (Å²) < 4.78 is 53.9. The molecule has 3 aromatic carbocycles. The molecule has 7 nitrogen and oxygen atoms in total. The molecule has 1 amide bonds. The number of aryl methyl sites for hydroxylation is 1. The molecule has 0 aliphatic carbocycles. The van der Waals surface area contributed by atoms with Crippen molar-refractivity contribution in [2.45, 2.75) is 16.7 Å². The van der Waals surface area contributed by atoms with Crippen LogP contribution in [-0.4, -0.2) is 22.7 Å². The lowest BCUT2D eigenvalue weighted by Gasteiger charge is -2.10. The molecular weight excluding hydrogens is 412 g/mol. The van der Waals surface area contributed by atoms with Crippen LogP contribution in [0, 0.1) is 6.92 Å². The molecule has 0 bridgehead atoms. The van der Waals surface area contributed by atoms with Crippen molar-refractivity contribution in [2.75, 3.05) is 4.72 Å². The van der Waals surface area contributed by atoms with Gasteiger partial charge in [0.05, 0.1) is 9.79 Å². The van der Waals surface area contributed by atoms with Crippen molar-refractivity contribution >= 4 is 31.6 Å². The number of nitrogens with one attached hydrogen (secondary N) is 2. The van der Waals surface area contributed by atoms with Crippen molar-refractivity contribution in [1.29, 1.82) is 0 Å². The second-order valence-corrected chi connectivity index (χ2v) is 9.61. The van der Waals surface area contributed by atoms with E-state index < -0.39 is 26.0 Å². The van der Waals surface area contributed by atoms with Gasteiger partial charge in [-0.1, -0.05) is 35.9 Å². The molecule has 0 aromatic heterocycles. The third-order valence-corrected chi connectivity index (χ3v) is 6.76. The summed E-state index contributed by atoms with van der Waals surface area (Å²) in [4.78, 5) is 12.2. The molecule has 9 heteroatoms. The molecule has 3 rings (SSSR count). The van der Waals surface area contributed by atoms with Crippen molar-refractivity contribution in [3.05, 3.63) is 90.0 Å². The fourth-order valence-corrected chi connectivity index (χ4v) is 4.50. The summed E-state index contributed by atoms with van der Waals surface area (Å²) in [6.07, 6.45) is 0. The molecule has 2 N–H and O–H groups in total. The minimum absolute atomic E-state index is 0.0133. The Morgan fingerprint density at radius 2 is 1.21 bits per heavy atom. The molecule has 3 aromatic rings.